The van der Waals surface area contributed by atoms with Gasteiger partial charge in [-0.25, -0.2) is 0 Å². The van der Waals surface area contributed by atoms with Crippen molar-refractivity contribution in [2.45, 2.75) is 115 Å². The van der Waals surface area contributed by atoms with E-state index in [1.807, 2.05) is 0 Å². The second-order valence-electron chi connectivity index (χ2n) is 7.84. The summed E-state index contributed by atoms with van der Waals surface area (Å²) in [5, 5.41) is 0. The number of rotatable bonds is 18. The van der Waals surface area contributed by atoms with Crippen LogP contribution >= 0.6 is 22.6 Å². The Morgan fingerprint density at radius 3 is 1.38 bits per heavy atom. The van der Waals surface area contributed by atoms with Crippen molar-refractivity contribution in [1.82, 2.24) is 0 Å². The summed E-state index contributed by atoms with van der Waals surface area (Å²) in [5.74, 6) is 3.00. The summed E-state index contributed by atoms with van der Waals surface area (Å²) in [6, 6.07) is 0. The molecule has 26 heavy (non-hydrogen) atoms. The minimum Gasteiger partial charge on any atom is -1.00 e. The van der Waals surface area contributed by atoms with Crippen molar-refractivity contribution >= 4 is 22.6 Å². The van der Waals surface area contributed by atoms with Gasteiger partial charge >= 0.3 is 0 Å². The van der Waals surface area contributed by atoms with Crippen LogP contribution < -0.4 is 12.4 Å². The van der Waals surface area contributed by atoms with Crippen molar-refractivity contribution in [2.24, 2.45) is 0 Å². The van der Waals surface area contributed by atoms with E-state index in [0.717, 1.165) is 11.0 Å². The number of hydrogen-bond acceptors (Lipinski definition) is 0. The largest absolute Gasteiger partial charge is 1.00 e. The average molecular weight is 498 g/mol. The molecular weight excluding hydrogens is 453 g/mol. The van der Waals surface area contributed by atoms with Crippen LogP contribution in [0.5, 0.6) is 0 Å². The van der Waals surface area contributed by atoms with Gasteiger partial charge in [0.1, 0.15) is 10.6 Å². The molecule has 0 bridgehead atoms. The molecule has 0 N–H and O–H groups in total. The van der Waals surface area contributed by atoms with Gasteiger partial charge in [-0.15, -0.1) is 6.42 Å². The lowest BCUT2D eigenvalue weighted by Gasteiger charge is -2.40. The zero-order valence-corrected chi connectivity index (χ0v) is 20.8. The molecule has 0 rings (SSSR count). The van der Waals surface area contributed by atoms with E-state index in [9.17, 15) is 0 Å². The summed E-state index contributed by atoms with van der Waals surface area (Å²) in [5.41, 5.74) is 0. The minimum atomic E-state index is 0. The first-order valence-electron chi connectivity index (χ1n) is 11.1. The van der Waals surface area contributed by atoms with Crippen molar-refractivity contribution in [2.75, 3.05) is 19.6 Å². The fraction of sp³-hybridized carbons (Fsp3) is 0.913. The SMILES string of the molecule is C#CC[N+](CCCCCCCCC)(CCCCCCCCC)C(C)I.[Cl-]. The van der Waals surface area contributed by atoms with Crippen LogP contribution in [-0.4, -0.2) is 28.2 Å². The first-order valence-corrected chi connectivity index (χ1v) is 12.3. The molecule has 0 saturated heterocycles. The van der Waals surface area contributed by atoms with Crippen molar-refractivity contribution < 1.29 is 16.9 Å². The fourth-order valence-corrected chi connectivity index (χ4v) is 4.45. The summed E-state index contributed by atoms with van der Waals surface area (Å²) in [7, 11) is 0. The van der Waals surface area contributed by atoms with E-state index in [4.69, 9.17) is 6.42 Å². The lowest BCUT2D eigenvalue weighted by molar-refractivity contribution is -0.926. The van der Waals surface area contributed by atoms with Crippen LogP contribution in [0.25, 0.3) is 0 Å². The lowest BCUT2D eigenvalue weighted by atomic mass is 10.1. The average Bonchev–Trinajstić information content (AvgIpc) is 2.59. The number of halogens is 2. The quantitative estimate of drug-likeness (QED) is 0.0642. The molecule has 0 radical (unpaired) electrons. The Kier molecular flexibility index (Phi) is 22.4. The van der Waals surface area contributed by atoms with Crippen LogP contribution in [0, 0.1) is 12.3 Å². The zero-order chi connectivity index (χ0) is 18.8. The highest BCUT2D eigenvalue weighted by Gasteiger charge is 2.30. The second kappa shape index (κ2) is 20.3. The molecule has 0 spiro atoms. The third kappa shape index (κ3) is 14.6. The van der Waals surface area contributed by atoms with Crippen LogP contribution in [0.4, 0.5) is 0 Å². The maximum absolute atomic E-state index is 5.75. The molecular formula is C23H45ClIN. The number of unbranched alkanes of at least 4 members (excludes halogenated alkanes) is 12. The molecule has 1 nitrogen and oxygen atoms in total. The number of quaternary nitrogens is 1. The molecule has 0 aliphatic carbocycles. The van der Waals surface area contributed by atoms with Crippen LogP contribution in [0.2, 0.25) is 0 Å². The fourth-order valence-electron chi connectivity index (χ4n) is 3.70. The summed E-state index contributed by atoms with van der Waals surface area (Å²) in [4.78, 5) is 0. The highest BCUT2D eigenvalue weighted by molar-refractivity contribution is 14.1. The zero-order valence-electron chi connectivity index (χ0n) is 17.9. The number of nitrogens with zero attached hydrogens (tertiary/aromatic N) is 1. The summed E-state index contributed by atoms with van der Waals surface area (Å²) < 4.78 is 1.76. The van der Waals surface area contributed by atoms with E-state index in [2.05, 4.69) is 49.3 Å². The first kappa shape index (κ1) is 28.7. The minimum absolute atomic E-state index is 0. The van der Waals surface area contributed by atoms with Gasteiger partial charge in [-0.2, -0.15) is 0 Å². The highest BCUT2D eigenvalue weighted by atomic mass is 127. The monoisotopic (exact) mass is 497 g/mol. The molecule has 0 aliphatic heterocycles. The molecule has 0 aliphatic rings. The summed E-state index contributed by atoms with van der Waals surface area (Å²) in [6.45, 7) is 10.4. The lowest BCUT2D eigenvalue weighted by Crippen LogP contribution is -3.00. The smallest absolute Gasteiger partial charge is 0.141 e. The molecule has 0 amide bonds. The molecule has 0 saturated carbocycles. The molecule has 0 aromatic carbocycles. The van der Waals surface area contributed by atoms with E-state index < -0.39 is 0 Å². The molecule has 3 heteroatoms. The Morgan fingerprint density at radius 1 is 0.731 bits per heavy atom. The van der Waals surface area contributed by atoms with E-state index in [0.29, 0.717) is 4.05 Å². The van der Waals surface area contributed by atoms with Gasteiger partial charge in [-0.3, -0.25) is 0 Å². The van der Waals surface area contributed by atoms with Crippen molar-refractivity contribution in [3.05, 3.63) is 0 Å². The van der Waals surface area contributed by atoms with Crippen molar-refractivity contribution in [3.8, 4) is 12.3 Å². The van der Waals surface area contributed by atoms with Gasteiger partial charge in [0.05, 0.1) is 13.1 Å². The van der Waals surface area contributed by atoms with E-state index in [1.165, 1.54) is 103 Å². The molecule has 0 heterocycles. The topological polar surface area (TPSA) is 0 Å². The normalized spacial score (nSPS) is 12.4. The summed E-state index contributed by atoms with van der Waals surface area (Å²) >= 11 is 2.62. The molecule has 1 atom stereocenters. The Bertz CT molecular complexity index is 307. The van der Waals surface area contributed by atoms with E-state index in [-0.39, 0.29) is 12.4 Å². The van der Waals surface area contributed by atoms with Crippen LogP contribution in [0.3, 0.4) is 0 Å². The molecule has 156 valence electrons. The maximum Gasteiger partial charge on any atom is 0.141 e. The third-order valence-electron chi connectivity index (χ3n) is 5.57. The van der Waals surface area contributed by atoms with E-state index in [1.54, 1.807) is 0 Å². The van der Waals surface area contributed by atoms with Gasteiger partial charge in [0, 0.05) is 0 Å². The van der Waals surface area contributed by atoms with Gasteiger partial charge in [-0.1, -0.05) is 78.1 Å². The highest BCUT2D eigenvalue weighted by Crippen LogP contribution is 2.23. The number of hydrogen-bond donors (Lipinski definition) is 0. The molecule has 0 fully saturated rings. The van der Waals surface area contributed by atoms with Gasteiger partial charge < -0.3 is 16.9 Å². The first-order chi connectivity index (χ1) is 12.1. The second-order valence-corrected chi connectivity index (χ2v) is 9.65. The Morgan fingerprint density at radius 2 is 1.08 bits per heavy atom. The standard InChI is InChI=1S/C23H45IN.ClH/c1-5-8-10-12-14-16-18-21-25(20-7-3,23(4)24)22-19-17-15-13-11-9-6-2;/h3,23H,5-6,8-22H2,1-2,4H3;1H/q+1;/p-1. The predicted octanol–water partition coefficient (Wildman–Crippen LogP) is 4.72. The van der Waals surface area contributed by atoms with Crippen LogP contribution in [0.1, 0.15) is 111 Å². The van der Waals surface area contributed by atoms with Crippen LogP contribution in [-0.2, 0) is 0 Å². The molecule has 0 aromatic heterocycles. The van der Waals surface area contributed by atoms with Crippen molar-refractivity contribution in [1.29, 1.82) is 0 Å². The van der Waals surface area contributed by atoms with Gasteiger partial charge in [0.2, 0.25) is 0 Å². The predicted molar refractivity (Wildman–Crippen MR) is 123 cm³/mol. The number of terminal acetylenes is 1. The van der Waals surface area contributed by atoms with Gasteiger partial charge in [0.25, 0.3) is 0 Å². The van der Waals surface area contributed by atoms with E-state index >= 15 is 0 Å². The van der Waals surface area contributed by atoms with Crippen LogP contribution in [0.15, 0.2) is 0 Å². The number of alkyl halides is 1. The molecule has 1 unspecified atom stereocenters. The van der Waals surface area contributed by atoms with Gasteiger partial charge in [0.15, 0.2) is 0 Å². The Hall–Kier alpha value is 0.540. The van der Waals surface area contributed by atoms with Crippen molar-refractivity contribution in [3.63, 3.8) is 0 Å². The summed E-state index contributed by atoms with van der Waals surface area (Å²) in [6.07, 6.45) is 25.2. The maximum atomic E-state index is 5.75. The Balaban J connectivity index is 0. The van der Waals surface area contributed by atoms with Gasteiger partial charge in [-0.05, 0) is 61.1 Å². The third-order valence-corrected chi connectivity index (χ3v) is 6.76. The molecule has 0 aromatic rings. The Labute approximate surface area is 185 Å².